The molecule has 0 aromatic carbocycles. The Morgan fingerprint density at radius 2 is 2.11 bits per heavy atom. The van der Waals surface area contributed by atoms with Crippen LogP contribution in [0.25, 0.3) is 11.4 Å². The molecule has 0 fully saturated rings. The lowest BCUT2D eigenvalue weighted by molar-refractivity contribution is 0.101. The monoisotopic (exact) mass is 243 g/mol. The Kier molecular flexibility index (Phi) is 3.32. The molecule has 0 aliphatic carbocycles. The van der Waals surface area contributed by atoms with Crippen LogP contribution in [-0.2, 0) is 6.54 Å². The number of rotatable bonds is 3. The van der Waals surface area contributed by atoms with Gasteiger partial charge in [0.15, 0.2) is 5.78 Å². The Morgan fingerprint density at radius 3 is 2.67 bits per heavy atom. The van der Waals surface area contributed by atoms with Gasteiger partial charge in [0, 0.05) is 12.7 Å². The van der Waals surface area contributed by atoms with Crippen LogP contribution in [0.4, 0.5) is 0 Å². The summed E-state index contributed by atoms with van der Waals surface area (Å²) in [6, 6.07) is 6.92. The molecule has 0 unspecified atom stereocenters. The van der Waals surface area contributed by atoms with Gasteiger partial charge in [0.2, 0.25) is 0 Å². The molecule has 0 saturated carbocycles. The fourth-order valence-electron chi connectivity index (χ4n) is 1.65. The second-order valence-electron chi connectivity index (χ2n) is 3.84. The minimum atomic E-state index is -0.357. The van der Waals surface area contributed by atoms with Crippen molar-refractivity contribution in [2.45, 2.75) is 20.4 Å². The summed E-state index contributed by atoms with van der Waals surface area (Å²) >= 11 is 0. The van der Waals surface area contributed by atoms with Gasteiger partial charge in [-0.3, -0.25) is 14.6 Å². The number of carbonyl (C=O) groups is 1. The lowest BCUT2D eigenvalue weighted by atomic mass is 10.1. The Balaban J connectivity index is 2.67. The summed E-state index contributed by atoms with van der Waals surface area (Å²) in [5, 5.41) is 4.19. The van der Waals surface area contributed by atoms with Crippen molar-refractivity contribution in [1.29, 1.82) is 0 Å². The van der Waals surface area contributed by atoms with Gasteiger partial charge in [-0.05, 0) is 32.0 Å². The number of hydrogen-bond acceptors (Lipinski definition) is 4. The van der Waals surface area contributed by atoms with Gasteiger partial charge in [-0.25, -0.2) is 4.68 Å². The van der Waals surface area contributed by atoms with Crippen LogP contribution >= 0.6 is 0 Å². The number of hydrogen-bond donors (Lipinski definition) is 0. The van der Waals surface area contributed by atoms with Gasteiger partial charge in [0.1, 0.15) is 5.69 Å². The van der Waals surface area contributed by atoms with E-state index in [0.717, 1.165) is 0 Å². The first-order chi connectivity index (χ1) is 8.63. The summed E-state index contributed by atoms with van der Waals surface area (Å²) in [4.78, 5) is 27.5. The van der Waals surface area contributed by atoms with E-state index < -0.39 is 0 Å². The summed E-state index contributed by atoms with van der Waals surface area (Å²) in [7, 11) is 0. The van der Waals surface area contributed by atoms with Crippen molar-refractivity contribution in [3.05, 3.63) is 46.4 Å². The van der Waals surface area contributed by atoms with Gasteiger partial charge in [0.05, 0.1) is 11.3 Å². The molecule has 0 aliphatic heterocycles. The van der Waals surface area contributed by atoms with E-state index in [1.807, 2.05) is 6.07 Å². The van der Waals surface area contributed by atoms with Crippen LogP contribution in [0.5, 0.6) is 0 Å². The molecular formula is C13H13N3O2. The fraction of sp³-hybridized carbons (Fsp3) is 0.231. The molecule has 0 saturated heterocycles. The van der Waals surface area contributed by atoms with E-state index in [-0.39, 0.29) is 16.9 Å². The molecule has 0 N–H and O–H groups in total. The van der Waals surface area contributed by atoms with Crippen molar-refractivity contribution in [3.63, 3.8) is 0 Å². The first-order valence-electron chi connectivity index (χ1n) is 5.68. The van der Waals surface area contributed by atoms with Gasteiger partial charge in [-0.2, -0.15) is 5.10 Å². The van der Waals surface area contributed by atoms with Crippen LogP contribution in [0.3, 0.4) is 0 Å². The van der Waals surface area contributed by atoms with Crippen LogP contribution in [0.1, 0.15) is 24.2 Å². The van der Waals surface area contributed by atoms with Crippen molar-refractivity contribution in [2.24, 2.45) is 0 Å². The lowest BCUT2D eigenvalue weighted by Gasteiger charge is -2.06. The van der Waals surface area contributed by atoms with Crippen LogP contribution in [0, 0.1) is 0 Å². The molecule has 92 valence electrons. The Labute approximate surface area is 104 Å². The van der Waals surface area contributed by atoms with E-state index in [1.54, 1.807) is 25.3 Å². The van der Waals surface area contributed by atoms with Gasteiger partial charge < -0.3 is 0 Å². The van der Waals surface area contributed by atoms with Crippen LogP contribution in [0.15, 0.2) is 35.3 Å². The first-order valence-corrected chi connectivity index (χ1v) is 5.68. The van der Waals surface area contributed by atoms with E-state index in [4.69, 9.17) is 0 Å². The zero-order valence-corrected chi connectivity index (χ0v) is 10.3. The largest absolute Gasteiger partial charge is 0.294 e. The second kappa shape index (κ2) is 4.91. The minimum Gasteiger partial charge on any atom is -0.294 e. The molecule has 0 amide bonds. The average molecular weight is 243 g/mol. The standard InChI is InChI=1S/C13H13N3O2/c1-3-16-13(18)10(9(2)17)8-12(15-16)11-6-4-5-7-14-11/h4-8H,3H2,1-2H3. The van der Waals surface area contributed by atoms with E-state index >= 15 is 0 Å². The van der Waals surface area contributed by atoms with Gasteiger partial charge in [-0.15, -0.1) is 0 Å². The molecule has 0 spiro atoms. The summed E-state index contributed by atoms with van der Waals surface area (Å²) in [6.45, 7) is 3.60. The molecule has 5 nitrogen and oxygen atoms in total. The molecule has 2 heterocycles. The molecule has 18 heavy (non-hydrogen) atoms. The molecule has 5 heteroatoms. The number of nitrogens with zero attached hydrogens (tertiary/aromatic N) is 3. The minimum absolute atomic E-state index is 0.146. The Hall–Kier alpha value is -2.30. The number of pyridine rings is 1. The predicted molar refractivity (Wildman–Crippen MR) is 67.4 cm³/mol. The molecule has 2 aromatic rings. The Bertz CT molecular complexity index is 632. The summed E-state index contributed by atoms with van der Waals surface area (Å²) in [6.07, 6.45) is 1.64. The summed E-state index contributed by atoms with van der Waals surface area (Å²) in [5.74, 6) is -0.262. The zero-order valence-electron chi connectivity index (χ0n) is 10.3. The van der Waals surface area contributed by atoms with E-state index in [1.165, 1.54) is 17.7 Å². The molecule has 2 aromatic heterocycles. The maximum absolute atomic E-state index is 11.9. The highest BCUT2D eigenvalue weighted by Crippen LogP contribution is 2.13. The topological polar surface area (TPSA) is 64.8 Å². The normalized spacial score (nSPS) is 10.3. The predicted octanol–water partition coefficient (Wildman–Crippen LogP) is 1.53. The maximum atomic E-state index is 11.9. The Morgan fingerprint density at radius 1 is 1.33 bits per heavy atom. The number of aryl methyl sites for hydroxylation is 1. The average Bonchev–Trinajstić information content (AvgIpc) is 2.39. The summed E-state index contributed by atoms with van der Waals surface area (Å²) < 4.78 is 1.28. The quantitative estimate of drug-likeness (QED) is 0.767. The van der Waals surface area contributed by atoms with Crippen molar-refractivity contribution >= 4 is 5.78 Å². The molecule has 0 aliphatic rings. The highest BCUT2D eigenvalue weighted by molar-refractivity contribution is 5.94. The third-order valence-electron chi connectivity index (χ3n) is 2.58. The first kappa shape index (κ1) is 12.2. The number of aromatic nitrogens is 3. The van der Waals surface area contributed by atoms with Crippen LogP contribution in [-0.4, -0.2) is 20.5 Å². The van der Waals surface area contributed by atoms with Crippen molar-refractivity contribution in [1.82, 2.24) is 14.8 Å². The number of ketones is 1. The van der Waals surface area contributed by atoms with Crippen molar-refractivity contribution < 1.29 is 4.79 Å². The van der Waals surface area contributed by atoms with E-state index in [0.29, 0.717) is 17.9 Å². The smallest absolute Gasteiger partial charge is 0.277 e. The van der Waals surface area contributed by atoms with Crippen molar-refractivity contribution in [2.75, 3.05) is 0 Å². The number of Topliss-reactive ketones (excluding diaryl/α,β-unsaturated/α-hetero) is 1. The summed E-state index contributed by atoms with van der Waals surface area (Å²) in [5.41, 5.74) is 0.960. The third-order valence-corrected chi connectivity index (χ3v) is 2.58. The fourth-order valence-corrected chi connectivity index (χ4v) is 1.65. The van der Waals surface area contributed by atoms with Gasteiger partial charge in [-0.1, -0.05) is 6.07 Å². The molecular weight excluding hydrogens is 230 g/mol. The highest BCUT2D eigenvalue weighted by Gasteiger charge is 2.12. The molecule has 2 rings (SSSR count). The van der Waals surface area contributed by atoms with Gasteiger partial charge in [0.25, 0.3) is 5.56 Å². The van der Waals surface area contributed by atoms with Gasteiger partial charge >= 0.3 is 0 Å². The van der Waals surface area contributed by atoms with E-state index in [9.17, 15) is 9.59 Å². The highest BCUT2D eigenvalue weighted by atomic mass is 16.1. The maximum Gasteiger partial charge on any atom is 0.277 e. The lowest BCUT2D eigenvalue weighted by Crippen LogP contribution is -2.27. The molecule has 0 radical (unpaired) electrons. The SMILES string of the molecule is CCn1nc(-c2ccccn2)cc(C(C)=O)c1=O. The molecule has 0 atom stereocenters. The van der Waals surface area contributed by atoms with Crippen LogP contribution in [0.2, 0.25) is 0 Å². The second-order valence-corrected chi connectivity index (χ2v) is 3.84. The third kappa shape index (κ3) is 2.20. The number of carbonyl (C=O) groups excluding carboxylic acids is 1. The molecule has 0 bridgehead atoms. The van der Waals surface area contributed by atoms with E-state index in [2.05, 4.69) is 10.1 Å². The van der Waals surface area contributed by atoms with Crippen molar-refractivity contribution in [3.8, 4) is 11.4 Å². The zero-order chi connectivity index (χ0) is 13.1. The van der Waals surface area contributed by atoms with Crippen LogP contribution < -0.4 is 5.56 Å².